The second-order valence-electron chi connectivity index (χ2n) is 5.19. The van der Waals surface area contributed by atoms with Gasteiger partial charge in [0.2, 0.25) is 6.41 Å². The highest BCUT2D eigenvalue weighted by atomic mass is 35.5. The van der Waals surface area contributed by atoms with Crippen LogP contribution in [0.5, 0.6) is 0 Å². The highest BCUT2D eigenvalue weighted by molar-refractivity contribution is 6.30. The molecule has 2 unspecified atom stereocenters. The van der Waals surface area contributed by atoms with Crippen molar-refractivity contribution in [1.29, 1.82) is 0 Å². The number of rotatable bonds is 5. The van der Waals surface area contributed by atoms with Crippen molar-refractivity contribution in [2.45, 2.75) is 38.8 Å². The first-order valence-corrected chi connectivity index (χ1v) is 6.27. The van der Waals surface area contributed by atoms with E-state index < -0.39 is 29.8 Å². The highest BCUT2D eigenvalue weighted by Gasteiger charge is 2.26. The highest BCUT2D eigenvalue weighted by Crippen LogP contribution is 2.22. The molecule has 0 aliphatic carbocycles. The van der Waals surface area contributed by atoms with Crippen molar-refractivity contribution < 1.29 is 24.1 Å². The third-order valence-corrected chi connectivity index (χ3v) is 2.59. The van der Waals surface area contributed by atoms with E-state index >= 15 is 0 Å². The van der Waals surface area contributed by atoms with E-state index in [0.717, 1.165) is 6.07 Å². The number of carboxylic acid groups (broad SMARTS) is 1. The Morgan fingerprint density at radius 3 is 2.50 bits per heavy atom. The third kappa shape index (κ3) is 5.05. The molecule has 5 nitrogen and oxygen atoms in total. The molecule has 1 aromatic carbocycles. The number of aliphatic hydroxyl groups excluding tert-OH is 1. The van der Waals surface area contributed by atoms with Gasteiger partial charge in [-0.2, -0.15) is 0 Å². The average Bonchev–Trinajstić information content (AvgIpc) is 2.27. The predicted molar refractivity (Wildman–Crippen MR) is 71.8 cm³/mol. The van der Waals surface area contributed by atoms with Crippen molar-refractivity contribution >= 4 is 17.6 Å². The van der Waals surface area contributed by atoms with E-state index in [4.69, 9.17) is 21.4 Å². The number of hydrogen-bond donors (Lipinski definition) is 3. The maximum Gasteiger partial charge on any atom is 0.325 e. The van der Waals surface area contributed by atoms with Gasteiger partial charge >= 0.3 is 5.97 Å². The lowest BCUT2D eigenvalue weighted by Gasteiger charge is -2.26. The summed E-state index contributed by atoms with van der Waals surface area (Å²) in [5, 5.41) is 21.0. The summed E-state index contributed by atoms with van der Waals surface area (Å²) in [6.45, 7) is 5.13. The summed E-state index contributed by atoms with van der Waals surface area (Å²) in [6, 6.07) is 2.25. The van der Waals surface area contributed by atoms with Gasteiger partial charge in [-0.25, -0.2) is 4.39 Å². The van der Waals surface area contributed by atoms with Crippen molar-refractivity contribution in [1.82, 2.24) is 5.32 Å². The Morgan fingerprint density at radius 2 is 2.05 bits per heavy atom. The molecule has 3 N–H and O–H groups in total. The first-order chi connectivity index (χ1) is 9.10. The van der Waals surface area contributed by atoms with Gasteiger partial charge in [0.1, 0.15) is 11.9 Å². The number of aliphatic carboxylic acids is 1. The number of carboxylic acids is 1. The number of nitrogens with one attached hydrogen (secondary N) is 1. The maximum atomic E-state index is 13.1. The second kappa shape index (κ2) is 6.49. The predicted octanol–water partition coefficient (Wildman–Crippen LogP) is 2.29. The molecule has 2 atom stereocenters. The summed E-state index contributed by atoms with van der Waals surface area (Å²) < 4.78 is 18.2. The molecule has 0 spiro atoms. The lowest BCUT2D eigenvalue weighted by Crippen LogP contribution is -2.42. The number of carbonyl (C=O) groups is 1. The summed E-state index contributed by atoms with van der Waals surface area (Å²) in [5.74, 6) is -1.89. The SMILES string of the molecule is CC(C)(C)OC(O)NC(C(=O)O)c1ccc(F)c(Cl)c1. The van der Waals surface area contributed by atoms with Crippen molar-refractivity contribution in [3.63, 3.8) is 0 Å². The van der Waals surface area contributed by atoms with E-state index in [0.29, 0.717) is 0 Å². The Balaban J connectivity index is 2.89. The van der Waals surface area contributed by atoms with Gasteiger partial charge in [0.25, 0.3) is 0 Å². The zero-order chi connectivity index (χ0) is 15.5. The minimum Gasteiger partial charge on any atom is -0.480 e. The fourth-order valence-electron chi connectivity index (χ4n) is 1.51. The molecule has 0 amide bonds. The molecule has 0 bridgehead atoms. The molecule has 0 heterocycles. The first-order valence-electron chi connectivity index (χ1n) is 5.90. The summed E-state index contributed by atoms with van der Waals surface area (Å²) in [6.07, 6.45) is -1.49. The summed E-state index contributed by atoms with van der Waals surface area (Å²) in [4.78, 5) is 11.2. The second-order valence-corrected chi connectivity index (χ2v) is 5.60. The van der Waals surface area contributed by atoms with E-state index in [-0.39, 0.29) is 10.6 Å². The van der Waals surface area contributed by atoms with Gasteiger partial charge < -0.3 is 14.9 Å². The van der Waals surface area contributed by atoms with E-state index in [9.17, 15) is 14.3 Å². The third-order valence-electron chi connectivity index (χ3n) is 2.30. The molecule has 7 heteroatoms. The Bertz CT molecular complexity index is 490. The average molecular weight is 306 g/mol. The van der Waals surface area contributed by atoms with Gasteiger partial charge in [0.05, 0.1) is 10.6 Å². The smallest absolute Gasteiger partial charge is 0.325 e. The van der Waals surface area contributed by atoms with E-state index in [2.05, 4.69) is 5.32 Å². The maximum absolute atomic E-state index is 13.1. The minimum atomic E-state index is -1.49. The number of ether oxygens (including phenoxy) is 1. The number of aliphatic hydroxyl groups is 1. The molecule has 20 heavy (non-hydrogen) atoms. The largest absolute Gasteiger partial charge is 0.480 e. The van der Waals surface area contributed by atoms with E-state index in [1.54, 1.807) is 20.8 Å². The molecule has 0 aliphatic rings. The molecule has 1 rings (SSSR count). The minimum absolute atomic E-state index is 0.193. The molecule has 0 saturated carbocycles. The Kier molecular flexibility index (Phi) is 5.47. The lowest BCUT2D eigenvalue weighted by molar-refractivity contribution is -0.189. The van der Waals surface area contributed by atoms with Crippen molar-refractivity contribution in [2.24, 2.45) is 0 Å². The lowest BCUT2D eigenvalue weighted by atomic mass is 10.1. The van der Waals surface area contributed by atoms with Crippen LogP contribution in [0.3, 0.4) is 0 Å². The first kappa shape index (κ1) is 16.8. The zero-order valence-corrected chi connectivity index (χ0v) is 12.1. The van der Waals surface area contributed by atoms with Crippen LogP contribution >= 0.6 is 11.6 Å². The van der Waals surface area contributed by atoms with Crippen LogP contribution in [0.4, 0.5) is 4.39 Å². The molecular formula is C13H17ClFNO4. The van der Waals surface area contributed by atoms with Gasteiger partial charge in [-0.05, 0) is 38.5 Å². The fourth-order valence-corrected chi connectivity index (χ4v) is 1.70. The summed E-state index contributed by atoms with van der Waals surface area (Å²) in [5.41, 5.74) is -0.448. The normalized spacial score (nSPS) is 14.9. The molecule has 1 aromatic rings. The molecule has 0 aliphatic heterocycles. The number of benzene rings is 1. The van der Waals surface area contributed by atoms with Gasteiger partial charge in [0.15, 0.2) is 0 Å². The molecular weight excluding hydrogens is 289 g/mol. The van der Waals surface area contributed by atoms with Gasteiger partial charge in [-0.1, -0.05) is 17.7 Å². The summed E-state index contributed by atoms with van der Waals surface area (Å²) >= 11 is 5.62. The van der Waals surface area contributed by atoms with Crippen LogP contribution in [0.15, 0.2) is 18.2 Å². The van der Waals surface area contributed by atoms with Crippen molar-refractivity contribution in [3.05, 3.63) is 34.6 Å². The Hall–Kier alpha value is -1.21. The van der Waals surface area contributed by atoms with E-state index in [1.165, 1.54) is 12.1 Å². The van der Waals surface area contributed by atoms with E-state index in [1.807, 2.05) is 0 Å². The molecule has 0 aromatic heterocycles. The number of hydrogen-bond acceptors (Lipinski definition) is 4. The van der Waals surface area contributed by atoms with Crippen molar-refractivity contribution in [2.75, 3.05) is 0 Å². The monoisotopic (exact) mass is 305 g/mol. The van der Waals surface area contributed by atoms with Gasteiger partial charge in [0, 0.05) is 0 Å². The topological polar surface area (TPSA) is 78.8 Å². The number of halogens is 2. The quantitative estimate of drug-likeness (QED) is 0.727. The molecule has 112 valence electrons. The van der Waals surface area contributed by atoms with Gasteiger partial charge in [-0.15, -0.1) is 0 Å². The van der Waals surface area contributed by atoms with Crippen LogP contribution in [0.1, 0.15) is 32.4 Å². The van der Waals surface area contributed by atoms with Crippen molar-refractivity contribution in [3.8, 4) is 0 Å². The molecule has 0 fully saturated rings. The summed E-state index contributed by atoms with van der Waals surface area (Å²) in [7, 11) is 0. The Labute approximate surface area is 121 Å². The van der Waals surface area contributed by atoms with Gasteiger partial charge in [-0.3, -0.25) is 10.1 Å². The van der Waals surface area contributed by atoms with Crippen LogP contribution < -0.4 is 5.32 Å². The fraction of sp³-hybridized carbons (Fsp3) is 0.462. The van der Waals surface area contributed by atoms with Crippen LogP contribution in [-0.4, -0.2) is 28.2 Å². The zero-order valence-electron chi connectivity index (χ0n) is 11.4. The molecule has 0 radical (unpaired) electrons. The van der Waals surface area contributed by atoms with Crippen LogP contribution in [0.25, 0.3) is 0 Å². The standard InChI is InChI=1S/C13H17ClFNO4/c1-13(2,3)20-12(19)16-10(11(17)18)7-4-5-9(15)8(14)6-7/h4-6,10,12,16,19H,1-3H3,(H,17,18). The van der Waals surface area contributed by atoms with Crippen LogP contribution in [0.2, 0.25) is 5.02 Å². The molecule has 0 saturated heterocycles. The Morgan fingerprint density at radius 1 is 1.45 bits per heavy atom. The van der Waals surface area contributed by atoms with Crippen LogP contribution in [-0.2, 0) is 9.53 Å². The van der Waals surface area contributed by atoms with Crippen LogP contribution in [0, 0.1) is 5.82 Å².